The van der Waals surface area contributed by atoms with Crippen LogP contribution < -0.4 is 5.56 Å². The highest BCUT2D eigenvalue weighted by Crippen LogP contribution is 2.17. The summed E-state index contributed by atoms with van der Waals surface area (Å²) in [6.45, 7) is 5.43. The van der Waals surface area contributed by atoms with Gasteiger partial charge in [0.25, 0.3) is 5.56 Å². The first-order valence-corrected chi connectivity index (χ1v) is 11.3. The van der Waals surface area contributed by atoms with Crippen molar-refractivity contribution in [3.63, 3.8) is 0 Å². The third-order valence-electron chi connectivity index (χ3n) is 6.03. The van der Waals surface area contributed by atoms with Crippen molar-refractivity contribution in [3.05, 3.63) is 70.3 Å². The van der Waals surface area contributed by atoms with E-state index in [1.54, 1.807) is 18.2 Å². The lowest BCUT2D eigenvalue weighted by Gasteiger charge is -2.34. The Morgan fingerprint density at radius 2 is 1.79 bits per heavy atom. The van der Waals surface area contributed by atoms with Crippen LogP contribution in [0.2, 0.25) is 0 Å². The highest BCUT2D eigenvalue weighted by molar-refractivity contribution is 5.77. The van der Waals surface area contributed by atoms with Gasteiger partial charge in [-0.2, -0.15) is 4.98 Å². The van der Waals surface area contributed by atoms with Crippen molar-refractivity contribution < 1.29 is 9.32 Å². The van der Waals surface area contributed by atoms with Crippen LogP contribution >= 0.6 is 0 Å². The van der Waals surface area contributed by atoms with Gasteiger partial charge in [-0.15, -0.1) is 5.10 Å². The summed E-state index contributed by atoms with van der Waals surface area (Å²) in [4.78, 5) is 33.8. The minimum atomic E-state index is -0.229. The molecule has 0 saturated carbocycles. The predicted octanol–water partition coefficient (Wildman–Crippen LogP) is 1.88. The summed E-state index contributed by atoms with van der Waals surface area (Å²) in [6, 6.07) is 15.1. The summed E-state index contributed by atoms with van der Waals surface area (Å²) >= 11 is 0. The molecule has 0 N–H and O–H groups in total. The Morgan fingerprint density at radius 1 is 1.03 bits per heavy atom. The zero-order valence-corrected chi connectivity index (χ0v) is 18.9. The van der Waals surface area contributed by atoms with Crippen LogP contribution in [0.3, 0.4) is 0 Å². The molecule has 0 radical (unpaired) electrons. The Kier molecular flexibility index (Phi) is 6.13. The van der Waals surface area contributed by atoms with Crippen molar-refractivity contribution in [2.75, 3.05) is 26.2 Å². The van der Waals surface area contributed by atoms with Gasteiger partial charge in [0, 0.05) is 38.2 Å². The second-order valence-corrected chi connectivity index (χ2v) is 8.42. The number of aryl methyl sites for hydroxylation is 2. The third kappa shape index (κ3) is 4.72. The second-order valence-electron chi connectivity index (χ2n) is 8.42. The van der Waals surface area contributed by atoms with E-state index in [-0.39, 0.29) is 24.4 Å². The monoisotopic (exact) mass is 459 g/mol. The Hall–Kier alpha value is -3.92. The molecule has 0 aliphatic carbocycles. The fraction of sp³-hybridized carbons (Fsp3) is 0.333. The SMILES string of the molecule is Cc1ccc(-c2noc(CN3CCN(C(=O)CCn4nnc5ccccc5c4=O)CC3)n2)cc1. The van der Waals surface area contributed by atoms with Gasteiger partial charge in [-0.05, 0) is 19.1 Å². The molecular weight excluding hydrogens is 434 g/mol. The smallest absolute Gasteiger partial charge is 0.277 e. The first-order valence-electron chi connectivity index (χ1n) is 11.3. The van der Waals surface area contributed by atoms with Crippen LogP contribution in [0.15, 0.2) is 57.8 Å². The number of hydrogen-bond donors (Lipinski definition) is 0. The molecule has 34 heavy (non-hydrogen) atoms. The Labute approximate surface area is 195 Å². The average Bonchev–Trinajstić information content (AvgIpc) is 3.33. The number of aromatic nitrogens is 5. The molecule has 10 nitrogen and oxygen atoms in total. The Bertz CT molecular complexity index is 1360. The molecule has 0 spiro atoms. The van der Waals surface area contributed by atoms with Gasteiger partial charge < -0.3 is 9.42 Å². The molecule has 1 amide bonds. The molecular formula is C24H25N7O3. The van der Waals surface area contributed by atoms with E-state index in [2.05, 4.69) is 25.4 Å². The molecule has 1 fully saturated rings. The second kappa shape index (κ2) is 9.52. The van der Waals surface area contributed by atoms with Crippen molar-refractivity contribution in [3.8, 4) is 11.4 Å². The fourth-order valence-electron chi connectivity index (χ4n) is 4.02. The molecule has 0 unspecified atom stereocenters. The van der Waals surface area contributed by atoms with E-state index in [0.29, 0.717) is 55.3 Å². The van der Waals surface area contributed by atoms with Crippen LogP contribution in [0.1, 0.15) is 17.9 Å². The predicted molar refractivity (Wildman–Crippen MR) is 125 cm³/mol. The number of carbonyl (C=O) groups is 1. The Balaban J connectivity index is 1.12. The van der Waals surface area contributed by atoms with E-state index < -0.39 is 0 Å². The lowest BCUT2D eigenvalue weighted by molar-refractivity contribution is -0.133. The van der Waals surface area contributed by atoms with E-state index in [1.807, 2.05) is 42.2 Å². The van der Waals surface area contributed by atoms with Gasteiger partial charge in [0.2, 0.25) is 17.6 Å². The molecule has 0 bridgehead atoms. The van der Waals surface area contributed by atoms with Crippen molar-refractivity contribution in [2.24, 2.45) is 0 Å². The molecule has 2 aromatic carbocycles. The van der Waals surface area contributed by atoms with E-state index >= 15 is 0 Å². The first kappa shape index (κ1) is 21.9. The highest BCUT2D eigenvalue weighted by Gasteiger charge is 2.23. The van der Waals surface area contributed by atoms with Gasteiger partial charge >= 0.3 is 0 Å². The van der Waals surface area contributed by atoms with Crippen molar-refractivity contribution in [1.29, 1.82) is 0 Å². The van der Waals surface area contributed by atoms with Crippen molar-refractivity contribution in [1.82, 2.24) is 34.9 Å². The number of rotatable bonds is 6. The molecule has 4 aromatic rings. The normalized spacial score (nSPS) is 14.6. The fourth-order valence-corrected chi connectivity index (χ4v) is 4.02. The standard InChI is InChI=1S/C24H25N7O3/c1-17-6-8-18(9-7-17)23-25-21(34-27-23)16-29-12-14-30(15-13-29)22(32)10-11-31-24(33)19-4-2-3-5-20(19)26-28-31/h2-9H,10-16H2,1H3. The molecule has 5 rings (SSSR count). The lowest BCUT2D eigenvalue weighted by atomic mass is 10.1. The number of fused-ring (bicyclic) bond motifs is 1. The molecule has 3 heterocycles. The Morgan fingerprint density at radius 3 is 2.59 bits per heavy atom. The zero-order valence-electron chi connectivity index (χ0n) is 18.9. The molecule has 174 valence electrons. The summed E-state index contributed by atoms with van der Waals surface area (Å²) in [5.41, 5.74) is 2.43. The number of hydrogen-bond acceptors (Lipinski definition) is 8. The summed E-state index contributed by atoms with van der Waals surface area (Å²) in [5, 5.41) is 12.6. The lowest BCUT2D eigenvalue weighted by Crippen LogP contribution is -2.48. The third-order valence-corrected chi connectivity index (χ3v) is 6.03. The maximum absolute atomic E-state index is 12.7. The van der Waals surface area contributed by atoms with Gasteiger partial charge in [-0.25, -0.2) is 4.68 Å². The molecule has 10 heteroatoms. The van der Waals surface area contributed by atoms with Crippen LogP contribution in [-0.2, 0) is 17.9 Å². The van der Waals surface area contributed by atoms with Crippen molar-refractivity contribution >= 4 is 16.8 Å². The topological polar surface area (TPSA) is 110 Å². The maximum atomic E-state index is 12.7. The van der Waals surface area contributed by atoms with Crippen LogP contribution in [0, 0.1) is 6.92 Å². The number of nitrogens with zero attached hydrogens (tertiary/aromatic N) is 7. The van der Waals surface area contributed by atoms with E-state index in [1.165, 1.54) is 10.2 Å². The number of amides is 1. The van der Waals surface area contributed by atoms with Gasteiger partial charge in [0.1, 0.15) is 5.52 Å². The van der Waals surface area contributed by atoms with Gasteiger partial charge in [0.05, 0.1) is 18.5 Å². The molecule has 2 aromatic heterocycles. The summed E-state index contributed by atoms with van der Waals surface area (Å²) in [5.74, 6) is 1.14. The van der Waals surface area contributed by atoms with Gasteiger partial charge in [-0.3, -0.25) is 14.5 Å². The van der Waals surface area contributed by atoms with Crippen LogP contribution in [0.5, 0.6) is 0 Å². The van der Waals surface area contributed by atoms with Crippen molar-refractivity contribution in [2.45, 2.75) is 26.4 Å². The van der Waals surface area contributed by atoms with Crippen LogP contribution in [0.4, 0.5) is 0 Å². The highest BCUT2D eigenvalue weighted by atomic mass is 16.5. The largest absolute Gasteiger partial charge is 0.340 e. The quantitative estimate of drug-likeness (QED) is 0.430. The number of carbonyl (C=O) groups excluding carboxylic acids is 1. The number of piperazine rings is 1. The van der Waals surface area contributed by atoms with E-state index in [0.717, 1.165) is 5.56 Å². The van der Waals surface area contributed by atoms with E-state index in [9.17, 15) is 9.59 Å². The van der Waals surface area contributed by atoms with Gasteiger partial charge in [0.15, 0.2) is 0 Å². The summed E-state index contributed by atoms with van der Waals surface area (Å²) in [7, 11) is 0. The number of benzene rings is 2. The van der Waals surface area contributed by atoms with Crippen LogP contribution in [0.25, 0.3) is 22.3 Å². The molecule has 1 aliphatic rings. The molecule has 1 saturated heterocycles. The van der Waals surface area contributed by atoms with Crippen LogP contribution in [-0.4, -0.2) is 67.0 Å². The minimum absolute atomic E-state index is 0.000885. The van der Waals surface area contributed by atoms with E-state index in [4.69, 9.17) is 4.52 Å². The molecule has 0 atom stereocenters. The summed E-state index contributed by atoms with van der Waals surface area (Å²) in [6.07, 6.45) is 0.205. The molecule has 1 aliphatic heterocycles. The first-order chi connectivity index (χ1) is 16.6. The summed E-state index contributed by atoms with van der Waals surface area (Å²) < 4.78 is 6.69. The van der Waals surface area contributed by atoms with Gasteiger partial charge in [-0.1, -0.05) is 52.3 Å². The minimum Gasteiger partial charge on any atom is -0.340 e. The zero-order chi connectivity index (χ0) is 23.5. The maximum Gasteiger partial charge on any atom is 0.277 e. The average molecular weight is 460 g/mol.